The van der Waals surface area contributed by atoms with Gasteiger partial charge in [0.25, 0.3) is 5.56 Å². The smallest absolute Gasteiger partial charge is 0.262 e. The van der Waals surface area contributed by atoms with Gasteiger partial charge in [0, 0.05) is 23.7 Å². The van der Waals surface area contributed by atoms with Crippen LogP contribution in [0.15, 0.2) is 45.9 Å². The van der Waals surface area contributed by atoms with E-state index in [0.717, 1.165) is 23.6 Å². The number of rotatable bonds is 6. The van der Waals surface area contributed by atoms with E-state index in [2.05, 4.69) is 20.9 Å². The Morgan fingerprint density at radius 1 is 1.21 bits per heavy atom. The SMILES string of the molecule is Cc1nc2cccc(CNC(=O)CNC3=CC=C(Cl)CC3)c2c(=O)n1C1CCC(=O)NC1=O. The quantitative estimate of drug-likeness (QED) is 0.553. The Morgan fingerprint density at radius 3 is 2.76 bits per heavy atom. The first-order valence-corrected chi connectivity index (χ1v) is 11.1. The van der Waals surface area contributed by atoms with Crippen molar-refractivity contribution < 1.29 is 14.4 Å². The topological polar surface area (TPSA) is 122 Å². The summed E-state index contributed by atoms with van der Waals surface area (Å²) in [5.74, 6) is -0.695. The van der Waals surface area contributed by atoms with Crippen LogP contribution in [0.1, 0.15) is 43.1 Å². The van der Waals surface area contributed by atoms with Gasteiger partial charge >= 0.3 is 0 Å². The second-order valence-electron chi connectivity index (χ2n) is 8.05. The lowest BCUT2D eigenvalue weighted by atomic mass is 10.0. The molecular weight excluding hydrogens is 446 g/mol. The fourth-order valence-corrected chi connectivity index (χ4v) is 4.23. The number of fused-ring (bicyclic) bond motifs is 1. The summed E-state index contributed by atoms with van der Waals surface area (Å²) in [5.41, 5.74) is 1.66. The van der Waals surface area contributed by atoms with Gasteiger partial charge in [-0.05, 0) is 50.0 Å². The predicted molar refractivity (Wildman–Crippen MR) is 123 cm³/mol. The number of amides is 3. The van der Waals surface area contributed by atoms with E-state index in [1.165, 1.54) is 4.57 Å². The van der Waals surface area contributed by atoms with E-state index >= 15 is 0 Å². The maximum atomic E-state index is 13.4. The molecule has 1 atom stereocenters. The molecule has 1 aliphatic carbocycles. The minimum Gasteiger partial charge on any atom is -0.380 e. The number of aromatic nitrogens is 2. The van der Waals surface area contributed by atoms with Crippen LogP contribution < -0.4 is 21.5 Å². The van der Waals surface area contributed by atoms with E-state index < -0.39 is 11.9 Å². The number of halogens is 1. The predicted octanol–water partition coefficient (Wildman–Crippen LogP) is 1.69. The second-order valence-corrected chi connectivity index (χ2v) is 8.53. The summed E-state index contributed by atoms with van der Waals surface area (Å²) >= 11 is 5.95. The molecule has 172 valence electrons. The molecule has 2 aromatic rings. The third kappa shape index (κ3) is 4.98. The Balaban J connectivity index is 1.53. The van der Waals surface area contributed by atoms with Gasteiger partial charge in [-0.15, -0.1) is 0 Å². The number of carbonyl (C=O) groups excluding carboxylic acids is 3. The van der Waals surface area contributed by atoms with Crippen LogP contribution in [0.5, 0.6) is 0 Å². The number of allylic oxidation sites excluding steroid dienone is 4. The van der Waals surface area contributed by atoms with Crippen LogP contribution in [0.3, 0.4) is 0 Å². The average Bonchev–Trinajstić information content (AvgIpc) is 2.78. The Morgan fingerprint density at radius 2 is 2.03 bits per heavy atom. The highest BCUT2D eigenvalue weighted by Crippen LogP contribution is 2.21. The van der Waals surface area contributed by atoms with Crippen LogP contribution in [0.4, 0.5) is 0 Å². The number of carbonyl (C=O) groups is 3. The minimum absolute atomic E-state index is 0.0971. The molecule has 3 N–H and O–H groups in total. The molecule has 1 aliphatic heterocycles. The number of benzene rings is 1. The third-order valence-corrected chi connectivity index (χ3v) is 6.08. The normalized spacial score (nSPS) is 18.4. The van der Waals surface area contributed by atoms with Crippen molar-refractivity contribution >= 4 is 40.2 Å². The molecule has 1 fully saturated rings. The van der Waals surface area contributed by atoms with E-state index in [0.29, 0.717) is 22.3 Å². The van der Waals surface area contributed by atoms with E-state index in [-0.39, 0.29) is 43.3 Å². The number of nitrogens with zero attached hydrogens (tertiary/aromatic N) is 2. The molecule has 3 amide bonds. The Kier molecular flexibility index (Phi) is 6.60. The summed E-state index contributed by atoms with van der Waals surface area (Å²) in [5, 5.41) is 9.33. The summed E-state index contributed by atoms with van der Waals surface area (Å²) in [6, 6.07) is 4.44. The van der Waals surface area contributed by atoms with Gasteiger partial charge in [-0.3, -0.25) is 29.1 Å². The fourth-order valence-electron chi connectivity index (χ4n) is 4.07. The Hall–Kier alpha value is -3.46. The highest BCUT2D eigenvalue weighted by molar-refractivity contribution is 6.29. The van der Waals surface area contributed by atoms with Crippen molar-refractivity contribution in [3.63, 3.8) is 0 Å². The molecule has 1 aromatic heterocycles. The Bertz CT molecular complexity index is 1260. The van der Waals surface area contributed by atoms with Crippen molar-refractivity contribution in [1.82, 2.24) is 25.5 Å². The molecule has 4 rings (SSSR count). The molecule has 1 aromatic carbocycles. The summed E-state index contributed by atoms with van der Waals surface area (Å²) in [4.78, 5) is 54.2. The van der Waals surface area contributed by atoms with Crippen molar-refractivity contribution in [3.8, 4) is 0 Å². The lowest BCUT2D eigenvalue weighted by Gasteiger charge is -2.24. The van der Waals surface area contributed by atoms with E-state index in [1.54, 1.807) is 25.1 Å². The lowest BCUT2D eigenvalue weighted by Crippen LogP contribution is -2.45. The van der Waals surface area contributed by atoms with Crippen molar-refractivity contribution in [2.45, 2.75) is 45.2 Å². The van der Waals surface area contributed by atoms with Gasteiger partial charge in [0.05, 0.1) is 17.4 Å². The van der Waals surface area contributed by atoms with E-state index in [4.69, 9.17) is 11.6 Å². The molecule has 2 heterocycles. The highest BCUT2D eigenvalue weighted by Gasteiger charge is 2.30. The van der Waals surface area contributed by atoms with Gasteiger partial charge in [-0.25, -0.2) is 4.98 Å². The molecule has 0 bridgehead atoms. The summed E-state index contributed by atoms with van der Waals surface area (Å²) in [6.45, 7) is 1.89. The van der Waals surface area contributed by atoms with Gasteiger partial charge in [-0.1, -0.05) is 23.7 Å². The molecule has 0 spiro atoms. The standard InChI is InChI=1S/C23H24ClN5O4/c1-13-27-17-4-2-3-14(11-26-20(31)12-25-16-7-5-15(24)6-8-16)21(17)23(33)29(13)18-9-10-19(30)28-22(18)32/h2-5,7,18,25H,6,8-12H2,1H3,(H,26,31)(H,28,30,32). The molecule has 33 heavy (non-hydrogen) atoms. The number of hydrogen-bond acceptors (Lipinski definition) is 6. The number of piperidine rings is 1. The first-order chi connectivity index (χ1) is 15.8. The van der Waals surface area contributed by atoms with Crippen molar-refractivity contribution in [1.29, 1.82) is 0 Å². The molecule has 10 heteroatoms. The van der Waals surface area contributed by atoms with E-state index in [9.17, 15) is 19.2 Å². The number of aryl methyl sites for hydroxylation is 1. The zero-order valence-corrected chi connectivity index (χ0v) is 18.9. The van der Waals surface area contributed by atoms with Crippen LogP contribution in [0.2, 0.25) is 0 Å². The summed E-state index contributed by atoms with van der Waals surface area (Å²) in [6.07, 6.45) is 5.54. The van der Waals surface area contributed by atoms with Gasteiger partial charge < -0.3 is 10.6 Å². The van der Waals surface area contributed by atoms with Gasteiger partial charge in [-0.2, -0.15) is 0 Å². The van der Waals surface area contributed by atoms with Crippen LogP contribution in [-0.4, -0.2) is 33.8 Å². The van der Waals surface area contributed by atoms with Gasteiger partial charge in [0.2, 0.25) is 17.7 Å². The summed E-state index contributed by atoms with van der Waals surface area (Å²) < 4.78 is 1.34. The molecule has 0 saturated carbocycles. The Labute approximate surface area is 194 Å². The van der Waals surface area contributed by atoms with Crippen molar-refractivity contribution in [3.05, 3.63) is 62.8 Å². The van der Waals surface area contributed by atoms with Gasteiger partial charge in [0.15, 0.2) is 0 Å². The minimum atomic E-state index is -0.801. The number of imide groups is 1. The second kappa shape index (κ2) is 9.58. The van der Waals surface area contributed by atoms with Gasteiger partial charge in [0.1, 0.15) is 11.9 Å². The zero-order chi connectivity index (χ0) is 23.5. The van der Waals surface area contributed by atoms with Crippen LogP contribution in [0, 0.1) is 6.92 Å². The highest BCUT2D eigenvalue weighted by atomic mass is 35.5. The monoisotopic (exact) mass is 469 g/mol. The first-order valence-electron chi connectivity index (χ1n) is 10.7. The van der Waals surface area contributed by atoms with Crippen LogP contribution >= 0.6 is 11.6 Å². The maximum Gasteiger partial charge on any atom is 0.262 e. The third-order valence-electron chi connectivity index (χ3n) is 5.76. The van der Waals surface area contributed by atoms with Crippen molar-refractivity contribution in [2.24, 2.45) is 0 Å². The number of nitrogens with one attached hydrogen (secondary N) is 3. The molecule has 1 unspecified atom stereocenters. The lowest BCUT2D eigenvalue weighted by molar-refractivity contribution is -0.135. The molecule has 1 saturated heterocycles. The van der Waals surface area contributed by atoms with Crippen LogP contribution in [0.25, 0.3) is 10.9 Å². The summed E-state index contributed by atoms with van der Waals surface area (Å²) in [7, 11) is 0. The number of hydrogen-bond donors (Lipinski definition) is 3. The largest absolute Gasteiger partial charge is 0.380 e. The van der Waals surface area contributed by atoms with Crippen molar-refractivity contribution in [2.75, 3.05) is 6.54 Å². The first kappa shape index (κ1) is 22.7. The maximum absolute atomic E-state index is 13.4. The molecule has 9 nitrogen and oxygen atoms in total. The molecule has 2 aliphatic rings. The van der Waals surface area contributed by atoms with E-state index in [1.807, 2.05) is 12.2 Å². The van der Waals surface area contributed by atoms with Crippen LogP contribution in [-0.2, 0) is 20.9 Å². The molecule has 0 radical (unpaired) electrons. The fraction of sp³-hybridized carbons (Fsp3) is 0.348. The molecular formula is C23H24ClN5O4. The zero-order valence-electron chi connectivity index (χ0n) is 18.1. The average molecular weight is 470 g/mol.